The van der Waals surface area contributed by atoms with Gasteiger partial charge >= 0.3 is 0 Å². The number of anilines is 1. The van der Waals surface area contributed by atoms with Gasteiger partial charge in [0.05, 0.1) is 0 Å². The second kappa shape index (κ2) is 4.77. The van der Waals surface area contributed by atoms with Crippen LogP contribution < -0.4 is 4.90 Å². The molecule has 1 heterocycles. The van der Waals surface area contributed by atoms with Gasteiger partial charge in [0, 0.05) is 25.0 Å². The van der Waals surface area contributed by atoms with Crippen molar-refractivity contribution in [3.8, 4) is 0 Å². The van der Waals surface area contributed by atoms with Crippen LogP contribution in [0.1, 0.15) is 5.56 Å². The standard InChI is InChI=1S/C8H11BrClN3/c1-13(2)8-6(3-4-9)7(10)11-5-12-8/h5H,3-4H2,1-2H3. The van der Waals surface area contributed by atoms with Gasteiger partial charge in [-0.25, -0.2) is 9.97 Å². The van der Waals surface area contributed by atoms with Crippen LogP contribution in [-0.4, -0.2) is 29.4 Å². The normalized spacial score (nSPS) is 10.2. The molecule has 0 atom stereocenters. The predicted octanol–water partition coefficient (Wildman–Crippen LogP) is 2.13. The summed E-state index contributed by atoms with van der Waals surface area (Å²) >= 11 is 9.32. The molecule has 1 aromatic heterocycles. The molecule has 0 unspecified atom stereocenters. The molecule has 0 aliphatic rings. The molecular weight excluding hydrogens is 253 g/mol. The van der Waals surface area contributed by atoms with Crippen LogP contribution in [-0.2, 0) is 6.42 Å². The number of rotatable bonds is 3. The number of halogens is 2. The maximum absolute atomic E-state index is 5.95. The molecule has 0 spiro atoms. The van der Waals surface area contributed by atoms with E-state index in [0.717, 1.165) is 23.1 Å². The van der Waals surface area contributed by atoms with Crippen LogP contribution in [0.5, 0.6) is 0 Å². The van der Waals surface area contributed by atoms with Crippen LogP contribution in [0.2, 0.25) is 5.15 Å². The zero-order chi connectivity index (χ0) is 9.84. The minimum absolute atomic E-state index is 0.540. The quantitative estimate of drug-likeness (QED) is 0.619. The van der Waals surface area contributed by atoms with Gasteiger partial charge in [-0.3, -0.25) is 0 Å². The monoisotopic (exact) mass is 263 g/mol. The minimum Gasteiger partial charge on any atom is -0.362 e. The van der Waals surface area contributed by atoms with Crippen LogP contribution in [0.3, 0.4) is 0 Å². The lowest BCUT2D eigenvalue weighted by Gasteiger charge is -2.15. The van der Waals surface area contributed by atoms with Gasteiger partial charge < -0.3 is 4.90 Å². The molecule has 1 aromatic rings. The lowest BCUT2D eigenvalue weighted by atomic mass is 10.2. The summed E-state index contributed by atoms with van der Waals surface area (Å²) in [7, 11) is 3.88. The Hall–Kier alpha value is -0.350. The SMILES string of the molecule is CN(C)c1ncnc(Cl)c1CCBr. The minimum atomic E-state index is 0.540. The van der Waals surface area contributed by atoms with E-state index in [4.69, 9.17) is 11.6 Å². The van der Waals surface area contributed by atoms with E-state index in [0.29, 0.717) is 5.15 Å². The van der Waals surface area contributed by atoms with Crippen molar-refractivity contribution in [1.82, 2.24) is 9.97 Å². The Bertz CT molecular complexity index is 291. The highest BCUT2D eigenvalue weighted by molar-refractivity contribution is 9.09. The molecule has 13 heavy (non-hydrogen) atoms. The molecule has 0 aliphatic heterocycles. The second-order valence-corrected chi connectivity index (χ2v) is 3.95. The van der Waals surface area contributed by atoms with Gasteiger partial charge in [-0.1, -0.05) is 27.5 Å². The fourth-order valence-corrected chi connectivity index (χ4v) is 1.70. The van der Waals surface area contributed by atoms with Crippen LogP contribution in [0, 0.1) is 0 Å². The molecule has 0 fully saturated rings. The van der Waals surface area contributed by atoms with E-state index in [-0.39, 0.29) is 0 Å². The van der Waals surface area contributed by atoms with Crippen molar-refractivity contribution in [3.63, 3.8) is 0 Å². The van der Waals surface area contributed by atoms with Crippen LogP contribution >= 0.6 is 27.5 Å². The Morgan fingerprint density at radius 3 is 2.69 bits per heavy atom. The Labute approximate surface area is 91.3 Å². The third kappa shape index (κ3) is 2.54. The third-order valence-electron chi connectivity index (χ3n) is 1.64. The Morgan fingerprint density at radius 1 is 1.46 bits per heavy atom. The van der Waals surface area contributed by atoms with E-state index >= 15 is 0 Å². The van der Waals surface area contributed by atoms with E-state index in [9.17, 15) is 0 Å². The molecule has 0 bridgehead atoms. The van der Waals surface area contributed by atoms with Crippen molar-refractivity contribution in [2.45, 2.75) is 6.42 Å². The van der Waals surface area contributed by atoms with Crippen molar-refractivity contribution < 1.29 is 0 Å². The van der Waals surface area contributed by atoms with Crippen molar-refractivity contribution in [3.05, 3.63) is 17.0 Å². The molecule has 0 amide bonds. The summed E-state index contributed by atoms with van der Waals surface area (Å²) in [6.45, 7) is 0. The first-order valence-electron chi connectivity index (χ1n) is 3.89. The van der Waals surface area contributed by atoms with Crippen molar-refractivity contribution in [2.75, 3.05) is 24.3 Å². The highest BCUT2D eigenvalue weighted by Gasteiger charge is 2.10. The lowest BCUT2D eigenvalue weighted by Crippen LogP contribution is -2.14. The van der Waals surface area contributed by atoms with Crippen molar-refractivity contribution in [1.29, 1.82) is 0 Å². The molecule has 0 radical (unpaired) electrons. The smallest absolute Gasteiger partial charge is 0.137 e. The number of nitrogens with zero attached hydrogens (tertiary/aromatic N) is 3. The van der Waals surface area contributed by atoms with Crippen molar-refractivity contribution in [2.24, 2.45) is 0 Å². The highest BCUT2D eigenvalue weighted by Crippen LogP contribution is 2.22. The zero-order valence-corrected chi connectivity index (χ0v) is 9.93. The average Bonchev–Trinajstić information content (AvgIpc) is 2.08. The second-order valence-electron chi connectivity index (χ2n) is 2.80. The maximum Gasteiger partial charge on any atom is 0.137 e. The molecule has 0 aromatic carbocycles. The Kier molecular flexibility index (Phi) is 3.93. The predicted molar refractivity (Wildman–Crippen MR) is 58.9 cm³/mol. The topological polar surface area (TPSA) is 29.0 Å². The maximum atomic E-state index is 5.95. The van der Waals surface area contributed by atoms with E-state index in [2.05, 4.69) is 25.9 Å². The van der Waals surface area contributed by atoms with Crippen LogP contribution in [0.15, 0.2) is 6.33 Å². The van der Waals surface area contributed by atoms with Gasteiger partial charge in [-0.15, -0.1) is 0 Å². The summed E-state index contributed by atoms with van der Waals surface area (Å²) in [5.74, 6) is 0.888. The van der Waals surface area contributed by atoms with E-state index in [1.165, 1.54) is 6.33 Å². The van der Waals surface area contributed by atoms with Gasteiger partial charge in [0.15, 0.2) is 0 Å². The van der Waals surface area contributed by atoms with E-state index in [1.807, 2.05) is 19.0 Å². The summed E-state index contributed by atoms with van der Waals surface area (Å²) < 4.78 is 0. The van der Waals surface area contributed by atoms with E-state index in [1.54, 1.807) is 0 Å². The molecule has 0 saturated carbocycles. The summed E-state index contributed by atoms with van der Waals surface area (Å²) in [6, 6.07) is 0. The van der Waals surface area contributed by atoms with Gasteiger partial charge in [0.25, 0.3) is 0 Å². The third-order valence-corrected chi connectivity index (χ3v) is 2.36. The summed E-state index contributed by atoms with van der Waals surface area (Å²) in [6.07, 6.45) is 2.32. The molecule has 3 nitrogen and oxygen atoms in total. The number of hydrogen-bond donors (Lipinski definition) is 0. The number of aromatic nitrogens is 2. The first kappa shape index (κ1) is 10.7. The summed E-state index contributed by atoms with van der Waals surface area (Å²) in [5.41, 5.74) is 0.992. The van der Waals surface area contributed by atoms with Gasteiger partial charge in [0.2, 0.25) is 0 Å². The highest BCUT2D eigenvalue weighted by atomic mass is 79.9. The molecule has 72 valence electrons. The van der Waals surface area contributed by atoms with Crippen LogP contribution in [0.25, 0.3) is 0 Å². The molecule has 0 N–H and O–H groups in total. The van der Waals surface area contributed by atoms with Gasteiger partial charge in [-0.2, -0.15) is 0 Å². The Balaban J connectivity index is 3.09. The molecule has 0 aliphatic carbocycles. The molecule has 1 rings (SSSR count). The van der Waals surface area contributed by atoms with Crippen LogP contribution in [0.4, 0.5) is 5.82 Å². The fraction of sp³-hybridized carbons (Fsp3) is 0.500. The molecule has 5 heteroatoms. The van der Waals surface area contributed by atoms with Gasteiger partial charge in [-0.05, 0) is 6.42 Å². The van der Waals surface area contributed by atoms with Gasteiger partial charge in [0.1, 0.15) is 17.3 Å². The van der Waals surface area contributed by atoms with Crippen molar-refractivity contribution >= 4 is 33.3 Å². The number of hydrogen-bond acceptors (Lipinski definition) is 3. The summed E-state index contributed by atoms with van der Waals surface area (Å²) in [5, 5.41) is 1.40. The fourth-order valence-electron chi connectivity index (χ4n) is 1.08. The lowest BCUT2D eigenvalue weighted by molar-refractivity contribution is 0.981. The first-order chi connectivity index (χ1) is 6.16. The summed E-state index contributed by atoms with van der Waals surface area (Å²) in [4.78, 5) is 10.1. The first-order valence-corrected chi connectivity index (χ1v) is 5.39. The average molecular weight is 265 g/mol. The Morgan fingerprint density at radius 2 is 2.15 bits per heavy atom. The largest absolute Gasteiger partial charge is 0.362 e. The number of alkyl halides is 1. The molecule has 0 saturated heterocycles. The van der Waals surface area contributed by atoms with E-state index < -0.39 is 0 Å². The zero-order valence-electron chi connectivity index (χ0n) is 7.59. The molecular formula is C8H11BrClN3.